The summed E-state index contributed by atoms with van der Waals surface area (Å²) in [5, 5.41) is 3.83. The molecule has 0 amide bonds. The quantitative estimate of drug-likeness (QED) is 0.791. The van der Waals surface area contributed by atoms with Gasteiger partial charge >= 0.3 is 0 Å². The highest BCUT2D eigenvalue weighted by molar-refractivity contribution is 6.29. The van der Waals surface area contributed by atoms with Crippen LogP contribution in [-0.4, -0.2) is 6.54 Å². The number of hydrogen-bond donors (Lipinski definition) is 1. The van der Waals surface area contributed by atoms with E-state index in [1.165, 1.54) is 5.56 Å². The first-order chi connectivity index (χ1) is 6.59. The second-order valence-electron chi connectivity index (χ2n) is 3.65. The van der Waals surface area contributed by atoms with Crippen LogP contribution in [0.4, 0.5) is 5.69 Å². The van der Waals surface area contributed by atoms with Crippen molar-refractivity contribution in [2.24, 2.45) is 0 Å². The molecule has 0 atom stereocenters. The van der Waals surface area contributed by atoms with Crippen LogP contribution < -0.4 is 5.32 Å². The summed E-state index contributed by atoms with van der Waals surface area (Å²) in [6.45, 7) is 8.61. The van der Waals surface area contributed by atoms with Gasteiger partial charge in [-0.15, -0.1) is 0 Å². The van der Waals surface area contributed by atoms with Gasteiger partial charge < -0.3 is 5.32 Å². The molecule has 0 aliphatic rings. The molecule has 0 saturated heterocycles. The molecule has 1 aromatic rings. The van der Waals surface area contributed by atoms with Gasteiger partial charge in [0.25, 0.3) is 0 Å². The van der Waals surface area contributed by atoms with Crippen LogP contribution in [0.5, 0.6) is 0 Å². The van der Waals surface area contributed by atoms with Crippen molar-refractivity contribution in [1.82, 2.24) is 0 Å². The van der Waals surface area contributed by atoms with E-state index in [9.17, 15) is 0 Å². The lowest BCUT2D eigenvalue weighted by molar-refractivity contribution is 0.867. The van der Waals surface area contributed by atoms with E-state index in [0.29, 0.717) is 17.5 Å². The van der Waals surface area contributed by atoms with Gasteiger partial charge in [0.2, 0.25) is 0 Å². The maximum atomic E-state index is 5.67. The Hall–Kier alpha value is -0.950. The van der Waals surface area contributed by atoms with Crippen molar-refractivity contribution in [1.29, 1.82) is 0 Å². The van der Waals surface area contributed by atoms with Crippen molar-refractivity contribution >= 4 is 17.3 Å². The number of hydrogen-bond acceptors (Lipinski definition) is 1. The van der Waals surface area contributed by atoms with Gasteiger partial charge in [-0.05, 0) is 23.6 Å². The van der Waals surface area contributed by atoms with Gasteiger partial charge in [-0.2, -0.15) is 0 Å². The van der Waals surface area contributed by atoms with Gasteiger partial charge in [0.1, 0.15) is 0 Å². The van der Waals surface area contributed by atoms with Crippen LogP contribution in [0.1, 0.15) is 25.3 Å². The first kappa shape index (κ1) is 11.1. The third-order valence-electron chi connectivity index (χ3n) is 2.04. The van der Waals surface area contributed by atoms with Gasteiger partial charge in [0.05, 0.1) is 6.54 Å². The van der Waals surface area contributed by atoms with Crippen LogP contribution in [0.2, 0.25) is 0 Å². The molecule has 0 fully saturated rings. The molecule has 1 N–H and O–H groups in total. The third kappa shape index (κ3) is 3.43. The smallest absolute Gasteiger partial charge is 0.0501 e. The molecule has 0 unspecified atom stereocenters. The lowest BCUT2D eigenvalue weighted by Gasteiger charge is -2.09. The maximum Gasteiger partial charge on any atom is 0.0501 e. The molecule has 0 bridgehead atoms. The summed E-state index contributed by atoms with van der Waals surface area (Å²) in [6.07, 6.45) is 0. The minimum absolute atomic E-state index is 0.552. The first-order valence-electron chi connectivity index (χ1n) is 4.76. The lowest BCUT2D eigenvalue weighted by Crippen LogP contribution is -2.01. The van der Waals surface area contributed by atoms with Crippen molar-refractivity contribution in [3.8, 4) is 0 Å². The molecule has 0 aromatic heterocycles. The Morgan fingerprint density at radius 2 is 2.21 bits per heavy atom. The number of nitrogens with one attached hydrogen (secondary N) is 1. The monoisotopic (exact) mass is 209 g/mol. The summed E-state index contributed by atoms with van der Waals surface area (Å²) < 4.78 is 0. The van der Waals surface area contributed by atoms with Gasteiger partial charge in [0, 0.05) is 10.7 Å². The standard InChI is InChI=1S/C12H16ClN/c1-9(2)11-5-4-6-12(7-11)14-8-10(3)13/h4-7,9,14H,3,8H2,1-2H3. The average molecular weight is 210 g/mol. The Morgan fingerprint density at radius 3 is 2.79 bits per heavy atom. The van der Waals surface area contributed by atoms with Gasteiger partial charge in [-0.1, -0.05) is 44.2 Å². The Morgan fingerprint density at radius 1 is 1.50 bits per heavy atom. The van der Waals surface area contributed by atoms with E-state index < -0.39 is 0 Å². The van der Waals surface area contributed by atoms with Crippen molar-refractivity contribution in [3.63, 3.8) is 0 Å². The molecule has 0 spiro atoms. The highest BCUT2D eigenvalue weighted by atomic mass is 35.5. The first-order valence-corrected chi connectivity index (χ1v) is 5.14. The summed E-state index contributed by atoms with van der Waals surface area (Å²) in [7, 11) is 0. The van der Waals surface area contributed by atoms with Crippen molar-refractivity contribution < 1.29 is 0 Å². The van der Waals surface area contributed by atoms with Crippen LogP contribution in [0.15, 0.2) is 35.9 Å². The maximum absolute atomic E-state index is 5.67. The minimum Gasteiger partial charge on any atom is -0.380 e. The Balaban J connectivity index is 2.68. The van der Waals surface area contributed by atoms with E-state index in [0.717, 1.165) is 5.69 Å². The Bertz CT molecular complexity index is 318. The van der Waals surface area contributed by atoms with Crippen LogP contribution in [0, 0.1) is 0 Å². The van der Waals surface area contributed by atoms with E-state index >= 15 is 0 Å². The molecule has 1 aromatic carbocycles. The molecule has 0 aliphatic carbocycles. The Kier molecular flexibility index (Phi) is 4.02. The SMILES string of the molecule is C=C(Cl)CNc1cccc(C(C)C)c1. The molecule has 1 rings (SSSR count). The van der Waals surface area contributed by atoms with Crippen LogP contribution in [0.3, 0.4) is 0 Å². The van der Waals surface area contributed by atoms with E-state index in [1.807, 2.05) is 6.07 Å². The van der Waals surface area contributed by atoms with Crippen LogP contribution in [0.25, 0.3) is 0 Å². The fraction of sp³-hybridized carbons (Fsp3) is 0.333. The predicted molar refractivity (Wildman–Crippen MR) is 64.0 cm³/mol. The normalized spacial score (nSPS) is 10.3. The summed E-state index contributed by atoms with van der Waals surface area (Å²) in [6, 6.07) is 8.36. The fourth-order valence-corrected chi connectivity index (χ4v) is 1.27. The van der Waals surface area contributed by atoms with E-state index in [-0.39, 0.29) is 0 Å². The zero-order valence-corrected chi connectivity index (χ0v) is 9.43. The molecule has 0 aliphatic heterocycles. The van der Waals surface area contributed by atoms with Crippen molar-refractivity contribution in [2.45, 2.75) is 19.8 Å². The molecule has 1 nitrogen and oxygen atoms in total. The second kappa shape index (κ2) is 5.06. The number of benzene rings is 1. The fourth-order valence-electron chi connectivity index (χ4n) is 1.21. The second-order valence-corrected chi connectivity index (χ2v) is 4.19. The minimum atomic E-state index is 0.552. The number of anilines is 1. The Labute approximate surface area is 90.8 Å². The van der Waals surface area contributed by atoms with Crippen molar-refractivity contribution in [3.05, 3.63) is 41.4 Å². The summed E-state index contributed by atoms with van der Waals surface area (Å²) in [4.78, 5) is 0. The van der Waals surface area contributed by atoms with Crippen molar-refractivity contribution in [2.75, 3.05) is 11.9 Å². The molecule has 0 radical (unpaired) electrons. The molecule has 0 heterocycles. The largest absolute Gasteiger partial charge is 0.380 e. The average Bonchev–Trinajstić information content (AvgIpc) is 2.15. The molecule has 76 valence electrons. The van der Waals surface area contributed by atoms with Crippen LogP contribution in [-0.2, 0) is 0 Å². The van der Waals surface area contributed by atoms with Crippen LogP contribution >= 0.6 is 11.6 Å². The molecular formula is C12H16ClN. The number of rotatable bonds is 4. The molecule has 2 heteroatoms. The third-order valence-corrected chi connectivity index (χ3v) is 2.17. The topological polar surface area (TPSA) is 12.0 Å². The van der Waals surface area contributed by atoms with E-state index in [4.69, 9.17) is 11.6 Å². The van der Waals surface area contributed by atoms with Gasteiger partial charge in [-0.25, -0.2) is 0 Å². The predicted octanol–water partition coefficient (Wildman–Crippen LogP) is 3.97. The lowest BCUT2D eigenvalue weighted by atomic mass is 10.0. The zero-order chi connectivity index (χ0) is 10.6. The van der Waals surface area contributed by atoms with E-state index in [1.54, 1.807) is 0 Å². The molecular weight excluding hydrogens is 194 g/mol. The summed E-state index contributed by atoms with van der Waals surface area (Å²) >= 11 is 5.67. The van der Waals surface area contributed by atoms with Gasteiger partial charge in [-0.3, -0.25) is 0 Å². The summed E-state index contributed by atoms with van der Waals surface area (Å²) in [5.74, 6) is 0.552. The van der Waals surface area contributed by atoms with E-state index in [2.05, 4.69) is 43.9 Å². The number of halogens is 1. The highest BCUT2D eigenvalue weighted by Crippen LogP contribution is 2.18. The molecule has 0 saturated carbocycles. The summed E-state index contributed by atoms with van der Waals surface area (Å²) in [5.41, 5.74) is 2.42. The molecule has 14 heavy (non-hydrogen) atoms. The highest BCUT2D eigenvalue weighted by Gasteiger charge is 1.99. The zero-order valence-electron chi connectivity index (χ0n) is 8.68. The van der Waals surface area contributed by atoms with Gasteiger partial charge in [0.15, 0.2) is 0 Å².